The number of unbranched alkanes of at least 4 members (excludes halogenated alkanes) is 1. The molecule has 0 radical (unpaired) electrons. The molecule has 12 heavy (non-hydrogen) atoms. The summed E-state index contributed by atoms with van der Waals surface area (Å²) < 4.78 is 5.41. The molecule has 0 aromatic rings. The van der Waals surface area contributed by atoms with E-state index >= 15 is 0 Å². The van der Waals surface area contributed by atoms with Gasteiger partial charge >= 0.3 is 0 Å². The van der Waals surface area contributed by atoms with Gasteiger partial charge in [-0.3, -0.25) is 0 Å². The molecule has 0 bridgehead atoms. The molecule has 0 aliphatic heterocycles. The summed E-state index contributed by atoms with van der Waals surface area (Å²) in [6, 6.07) is 0. The first-order valence-corrected chi connectivity index (χ1v) is 5.67. The van der Waals surface area contributed by atoms with Gasteiger partial charge in [0.1, 0.15) is 0 Å². The van der Waals surface area contributed by atoms with Gasteiger partial charge in [-0.2, -0.15) is 0 Å². The fourth-order valence-electron chi connectivity index (χ4n) is 1.39. The van der Waals surface area contributed by atoms with E-state index in [1.54, 1.807) is 0 Å². The lowest BCUT2D eigenvalue weighted by atomic mass is 9.91. The van der Waals surface area contributed by atoms with Crippen molar-refractivity contribution in [2.75, 3.05) is 0 Å². The van der Waals surface area contributed by atoms with Gasteiger partial charge in [-0.15, -0.1) is 0 Å². The Kier molecular flexibility index (Phi) is 7.02. The van der Waals surface area contributed by atoms with Crippen molar-refractivity contribution in [3.05, 3.63) is 0 Å². The number of hydrogen-bond donors (Lipinski definition) is 1. The fourth-order valence-corrected chi connectivity index (χ4v) is 1.98. The van der Waals surface area contributed by atoms with Crippen molar-refractivity contribution in [3.63, 3.8) is 0 Å². The molecule has 0 fully saturated rings. The van der Waals surface area contributed by atoms with Gasteiger partial charge in [0.25, 0.3) is 0 Å². The maximum absolute atomic E-state index is 8.77. The molecule has 0 spiro atoms. The predicted molar refractivity (Wildman–Crippen MR) is 54.5 cm³/mol. The molecule has 74 valence electrons. The molecule has 1 unspecified atom stereocenters. The lowest BCUT2D eigenvalue weighted by molar-refractivity contribution is 0.0572. The Balaban J connectivity index is 3.95. The van der Waals surface area contributed by atoms with Crippen molar-refractivity contribution in [1.82, 2.24) is 0 Å². The van der Waals surface area contributed by atoms with E-state index in [1.807, 2.05) is 0 Å². The van der Waals surface area contributed by atoms with E-state index in [0.29, 0.717) is 0 Å². The van der Waals surface area contributed by atoms with Crippen molar-refractivity contribution in [2.45, 2.75) is 58.5 Å². The molecule has 0 heterocycles. The summed E-state index contributed by atoms with van der Waals surface area (Å²) in [5.74, 6) is 0. The first-order valence-electron chi connectivity index (χ1n) is 4.81. The average Bonchev–Trinajstić information content (AvgIpc) is 2.13. The largest absolute Gasteiger partial charge is 0.352 e. The van der Waals surface area contributed by atoms with Gasteiger partial charge in [0.15, 0.2) is 9.03 Å². The molecule has 0 saturated heterocycles. The highest BCUT2D eigenvalue weighted by molar-refractivity contribution is 7.25. The van der Waals surface area contributed by atoms with E-state index in [9.17, 15) is 0 Å². The first-order chi connectivity index (χ1) is 5.74. The summed E-state index contributed by atoms with van der Waals surface area (Å²) in [6.45, 7) is 6.43. The molecule has 0 rings (SSSR count). The standard InChI is InChI=1S/C9H21O2P/c1-4-7-8-9(5-2,6-3)11-12-10/h10,12H,4-8H2,1-3H3. The highest BCUT2D eigenvalue weighted by atomic mass is 31.1. The molecular formula is C9H21O2P. The van der Waals surface area contributed by atoms with Crippen molar-refractivity contribution in [2.24, 2.45) is 0 Å². The Morgan fingerprint density at radius 3 is 2.17 bits per heavy atom. The topological polar surface area (TPSA) is 29.5 Å². The molecule has 0 aromatic carbocycles. The maximum atomic E-state index is 8.77. The van der Waals surface area contributed by atoms with E-state index in [0.717, 1.165) is 19.3 Å². The van der Waals surface area contributed by atoms with Crippen LogP contribution in [0.4, 0.5) is 0 Å². The Bertz CT molecular complexity index is 103. The Hall–Kier alpha value is 0.350. The van der Waals surface area contributed by atoms with Gasteiger partial charge in [0.05, 0.1) is 5.60 Å². The second-order valence-electron chi connectivity index (χ2n) is 3.19. The lowest BCUT2D eigenvalue weighted by Crippen LogP contribution is -2.27. The monoisotopic (exact) mass is 192 g/mol. The predicted octanol–water partition coefficient (Wildman–Crippen LogP) is 3.25. The average molecular weight is 192 g/mol. The molecule has 2 nitrogen and oxygen atoms in total. The van der Waals surface area contributed by atoms with Crippen LogP contribution < -0.4 is 0 Å². The number of hydrogen-bond acceptors (Lipinski definition) is 2. The van der Waals surface area contributed by atoms with Crippen LogP contribution in [0, 0.1) is 0 Å². The van der Waals surface area contributed by atoms with Gasteiger partial charge < -0.3 is 9.42 Å². The zero-order valence-electron chi connectivity index (χ0n) is 8.39. The van der Waals surface area contributed by atoms with Crippen LogP contribution in [0.25, 0.3) is 0 Å². The van der Waals surface area contributed by atoms with E-state index < -0.39 is 0 Å². The minimum Gasteiger partial charge on any atom is -0.352 e. The summed E-state index contributed by atoms with van der Waals surface area (Å²) in [4.78, 5) is 8.77. The SMILES string of the molecule is CCCCC(CC)(CC)OPO. The van der Waals surface area contributed by atoms with E-state index in [2.05, 4.69) is 20.8 Å². The third-order valence-electron chi connectivity index (χ3n) is 2.54. The molecule has 3 heteroatoms. The van der Waals surface area contributed by atoms with E-state index in [-0.39, 0.29) is 14.6 Å². The van der Waals surface area contributed by atoms with Crippen LogP contribution in [0.15, 0.2) is 0 Å². The summed E-state index contributed by atoms with van der Waals surface area (Å²) in [6.07, 6.45) is 5.45. The molecule has 0 saturated carbocycles. The highest BCUT2D eigenvalue weighted by Crippen LogP contribution is 2.32. The summed E-state index contributed by atoms with van der Waals surface area (Å²) in [5, 5.41) is 0. The van der Waals surface area contributed by atoms with Gasteiger partial charge in [0, 0.05) is 0 Å². The van der Waals surface area contributed by atoms with E-state index in [1.165, 1.54) is 12.8 Å². The minimum absolute atomic E-state index is 0.0524. The third-order valence-corrected chi connectivity index (χ3v) is 3.06. The van der Waals surface area contributed by atoms with Gasteiger partial charge in [0.2, 0.25) is 0 Å². The Labute approximate surface area is 77.7 Å². The Morgan fingerprint density at radius 1 is 1.25 bits per heavy atom. The molecule has 0 aliphatic carbocycles. The normalized spacial score (nSPS) is 13.0. The maximum Gasteiger partial charge on any atom is 0.152 e. The summed E-state index contributed by atoms with van der Waals surface area (Å²) in [5.41, 5.74) is -0.0524. The minimum atomic E-state index is -0.366. The first kappa shape index (κ1) is 12.3. The van der Waals surface area contributed by atoms with Crippen LogP contribution in [0.2, 0.25) is 0 Å². The van der Waals surface area contributed by atoms with Crippen LogP contribution >= 0.6 is 9.03 Å². The quantitative estimate of drug-likeness (QED) is 0.627. The smallest absolute Gasteiger partial charge is 0.152 e. The third kappa shape index (κ3) is 3.84. The lowest BCUT2D eigenvalue weighted by Gasteiger charge is -2.30. The van der Waals surface area contributed by atoms with E-state index in [4.69, 9.17) is 9.42 Å². The summed E-state index contributed by atoms with van der Waals surface area (Å²) >= 11 is 0. The zero-order valence-corrected chi connectivity index (χ0v) is 9.39. The zero-order chi connectivity index (χ0) is 9.45. The van der Waals surface area contributed by atoms with Gasteiger partial charge in [-0.25, -0.2) is 0 Å². The second kappa shape index (κ2) is 6.82. The van der Waals surface area contributed by atoms with Crippen molar-refractivity contribution in [3.8, 4) is 0 Å². The van der Waals surface area contributed by atoms with Gasteiger partial charge in [-0.05, 0) is 19.3 Å². The Morgan fingerprint density at radius 2 is 1.83 bits per heavy atom. The molecule has 0 aliphatic rings. The molecular weight excluding hydrogens is 171 g/mol. The van der Waals surface area contributed by atoms with Crippen LogP contribution in [0.1, 0.15) is 52.9 Å². The van der Waals surface area contributed by atoms with Crippen molar-refractivity contribution < 1.29 is 9.42 Å². The fraction of sp³-hybridized carbons (Fsp3) is 1.00. The van der Waals surface area contributed by atoms with Crippen LogP contribution in [-0.4, -0.2) is 10.5 Å². The van der Waals surface area contributed by atoms with Gasteiger partial charge in [-0.1, -0.05) is 33.6 Å². The van der Waals surface area contributed by atoms with Crippen LogP contribution in [0.5, 0.6) is 0 Å². The van der Waals surface area contributed by atoms with Crippen molar-refractivity contribution >= 4 is 9.03 Å². The summed E-state index contributed by atoms with van der Waals surface area (Å²) in [7, 11) is -0.366. The molecule has 1 N–H and O–H groups in total. The van der Waals surface area contributed by atoms with Crippen LogP contribution in [0.3, 0.4) is 0 Å². The van der Waals surface area contributed by atoms with Crippen molar-refractivity contribution in [1.29, 1.82) is 0 Å². The molecule has 1 atom stereocenters. The van der Waals surface area contributed by atoms with Crippen LogP contribution in [-0.2, 0) is 4.52 Å². The molecule has 0 aromatic heterocycles. The second-order valence-corrected chi connectivity index (χ2v) is 3.57. The number of rotatable bonds is 7. The molecule has 0 amide bonds. The highest BCUT2D eigenvalue weighted by Gasteiger charge is 2.25.